The Morgan fingerprint density at radius 3 is 1.41 bits per heavy atom. The molecular weight excluding hydrogens is 1060 g/mol. The van der Waals surface area contributed by atoms with Crippen molar-refractivity contribution in [3.8, 4) is 0 Å². The van der Waals surface area contributed by atoms with Crippen molar-refractivity contribution in [1.29, 1.82) is 0 Å². The van der Waals surface area contributed by atoms with E-state index in [0.717, 1.165) is 11.8 Å². The maximum absolute atomic E-state index is 14.3. The van der Waals surface area contributed by atoms with E-state index in [1.54, 1.807) is 41.5 Å². The van der Waals surface area contributed by atoms with Crippen LogP contribution in [0.3, 0.4) is 0 Å². The summed E-state index contributed by atoms with van der Waals surface area (Å²) in [4.78, 5) is 181. The quantitative estimate of drug-likeness (QED) is 0.0292. The molecule has 2 saturated heterocycles. The van der Waals surface area contributed by atoms with E-state index in [0.29, 0.717) is 19.3 Å². The van der Waals surface area contributed by atoms with Gasteiger partial charge in [-0.1, -0.05) is 41.5 Å². The molecule has 30 nitrogen and oxygen atoms in total. The molecular formula is C50H84N12O18. The SMILES string of the molecule is CC(=O)O.CC(C)C[C@H](NC(=O)[C@@H]1CCCN1C(=O)[C@@H](NC(=O)[C@@H]1CCCN1C(=O)[C@H](CC(=O)O)NC(=O)[C@H](C)N)C(C)C)C(=O)N[C@H](C(=O)N[C@@H](CCCCN)C(=O)N[C@@H](CCC(N)=O)C(=O)N[C@@H](CC(=O)O)C(=O)O)C(C)C. The highest BCUT2D eigenvalue weighted by Gasteiger charge is 2.44. The van der Waals surface area contributed by atoms with Gasteiger partial charge in [0.15, 0.2) is 0 Å². The third-order valence-electron chi connectivity index (χ3n) is 12.8. The molecule has 0 aromatic heterocycles. The van der Waals surface area contributed by atoms with Crippen LogP contribution in [0.25, 0.3) is 0 Å². The van der Waals surface area contributed by atoms with Gasteiger partial charge in [-0.2, -0.15) is 0 Å². The van der Waals surface area contributed by atoms with Crippen LogP contribution < -0.4 is 54.4 Å². The van der Waals surface area contributed by atoms with Gasteiger partial charge in [0.1, 0.15) is 54.4 Å². The first-order valence-electron chi connectivity index (χ1n) is 26.6. The number of rotatable bonds is 32. The van der Waals surface area contributed by atoms with Crippen LogP contribution in [0.2, 0.25) is 0 Å². The zero-order valence-electron chi connectivity index (χ0n) is 46.7. The minimum Gasteiger partial charge on any atom is -0.481 e. The number of hydrogen-bond acceptors (Lipinski definition) is 16. The number of likely N-dealkylation sites (tertiary alicyclic amines) is 2. The van der Waals surface area contributed by atoms with Gasteiger partial charge >= 0.3 is 17.9 Å². The fourth-order valence-corrected chi connectivity index (χ4v) is 8.68. The Morgan fingerprint density at radius 2 is 0.963 bits per heavy atom. The molecule has 10 atom stereocenters. The molecule has 30 heteroatoms. The number of carbonyl (C=O) groups excluding carboxylic acids is 10. The van der Waals surface area contributed by atoms with Crippen molar-refractivity contribution in [3.63, 3.8) is 0 Å². The van der Waals surface area contributed by atoms with Crippen molar-refractivity contribution in [2.24, 2.45) is 35.0 Å². The summed E-state index contributed by atoms with van der Waals surface area (Å²) in [6.45, 7) is 13.0. The predicted octanol–water partition coefficient (Wildman–Crippen LogP) is -3.41. The maximum Gasteiger partial charge on any atom is 0.326 e. The number of unbranched alkanes of at least 4 members (excludes halogenated alkanes) is 1. The van der Waals surface area contributed by atoms with Crippen molar-refractivity contribution >= 4 is 82.9 Å². The molecule has 80 heavy (non-hydrogen) atoms. The summed E-state index contributed by atoms with van der Waals surface area (Å²) >= 11 is 0. The Bertz CT molecular complexity index is 2220. The Hall–Kier alpha value is -7.50. The van der Waals surface area contributed by atoms with Crippen molar-refractivity contribution in [2.45, 2.75) is 193 Å². The summed E-state index contributed by atoms with van der Waals surface area (Å²) in [5, 5.41) is 53.0. The minimum atomic E-state index is -1.90. The molecule has 2 heterocycles. The summed E-state index contributed by atoms with van der Waals surface area (Å²) in [5.41, 5.74) is 16.6. The van der Waals surface area contributed by atoms with E-state index in [2.05, 4.69) is 31.9 Å². The molecule has 2 aliphatic rings. The van der Waals surface area contributed by atoms with E-state index in [1.807, 2.05) is 5.32 Å². The summed E-state index contributed by atoms with van der Waals surface area (Å²) in [7, 11) is 0. The molecule has 2 fully saturated rings. The number of primary amides is 1. The zero-order chi connectivity index (χ0) is 61.3. The Kier molecular flexibility index (Phi) is 30.4. The fraction of sp³-hybridized carbons (Fsp3) is 0.720. The van der Waals surface area contributed by atoms with Gasteiger partial charge in [-0.15, -0.1) is 0 Å². The highest BCUT2D eigenvalue weighted by molar-refractivity contribution is 5.99. The van der Waals surface area contributed by atoms with Gasteiger partial charge in [-0.05, 0) is 89.0 Å². The first kappa shape index (κ1) is 70.5. The highest BCUT2D eigenvalue weighted by atomic mass is 16.4. The van der Waals surface area contributed by atoms with Gasteiger partial charge in [0.2, 0.25) is 59.1 Å². The number of nitrogens with zero attached hydrogens (tertiary/aromatic N) is 2. The molecule has 0 bridgehead atoms. The summed E-state index contributed by atoms with van der Waals surface area (Å²) in [6.07, 6.45) is -0.834. The average Bonchev–Trinajstić information content (AvgIpc) is 4.05. The maximum atomic E-state index is 14.3. The third-order valence-corrected chi connectivity index (χ3v) is 12.8. The lowest BCUT2D eigenvalue weighted by Crippen LogP contribution is -2.61. The number of carboxylic acids is 4. The molecule has 0 unspecified atom stereocenters. The van der Waals surface area contributed by atoms with Crippen LogP contribution in [0.1, 0.15) is 132 Å². The van der Waals surface area contributed by atoms with E-state index in [9.17, 15) is 72.5 Å². The second kappa shape index (κ2) is 34.5. The summed E-state index contributed by atoms with van der Waals surface area (Å²) in [6, 6.07) is -13.5. The lowest BCUT2D eigenvalue weighted by atomic mass is 9.98. The van der Waals surface area contributed by atoms with Gasteiger partial charge in [0, 0.05) is 26.4 Å². The van der Waals surface area contributed by atoms with Gasteiger partial charge in [-0.3, -0.25) is 62.3 Å². The van der Waals surface area contributed by atoms with E-state index in [4.69, 9.17) is 32.2 Å². The smallest absolute Gasteiger partial charge is 0.326 e. The number of hydrogen-bond donors (Lipinski definition) is 14. The van der Waals surface area contributed by atoms with Crippen molar-refractivity contribution < 1.29 is 87.5 Å². The first-order chi connectivity index (χ1) is 37.2. The normalized spacial score (nSPS) is 17.9. The van der Waals surface area contributed by atoms with E-state index >= 15 is 0 Å². The molecule has 0 aromatic carbocycles. The molecule has 2 rings (SSSR count). The average molecular weight is 1140 g/mol. The standard InChI is InChI=1S/C48H80N12O16.C2H4O2/c1-23(2)20-29(42(69)57-37(24(3)4)45(72)53-27(12-8-9-17-49)40(67)52-28(15-16-34(51)61)41(68)56-31(48(75)76)22-36(64)65)54-43(70)32-13-11-19-60(32)47(74)38(25(5)6)58-44(71)33-14-10-18-59(33)46(73)30(21-35(62)63)55-39(66)26(7)50;1-2(3)4/h23-33,37-38H,8-22,49-50H2,1-7H3,(H2,51,61)(H,52,67)(H,53,72)(H,54,70)(H,55,66)(H,56,68)(H,57,69)(H,58,71)(H,62,63)(H,64,65)(H,75,76);1H3,(H,3,4)/t26-,27-,28-,29-,30-,31-,32-,33-,37-,38-;/m0./s1. The van der Waals surface area contributed by atoms with Crippen molar-refractivity contribution in [2.75, 3.05) is 19.6 Å². The highest BCUT2D eigenvalue weighted by Crippen LogP contribution is 2.24. The minimum absolute atomic E-state index is 0.0396. The predicted molar refractivity (Wildman–Crippen MR) is 283 cm³/mol. The van der Waals surface area contributed by atoms with Gasteiger partial charge in [0.25, 0.3) is 5.97 Å². The van der Waals surface area contributed by atoms with E-state index in [1.165, 1.54) is 11.8 Å². The van der Waals surface area contributed by atoms with Gasteiger partial charge < -0.3 is 84.6 Å². The lowest BCUT2D eigenvalue weighted by Gasteiger charge is -2.33. The third kappa shape index (κ3) is 24.3. The molecule has 0 radical (unpaired) electrons. The number of nitrogens with two attached hydrogens (primary N) is 3. The molecule has 0 saturated carbocycles. The Labute approximate surface area is 463 Å². The molecule has 0 aliphatic carbocycles. The topological polar surface area (TPSA) is 489 Å². The van der Waals surface area contributed by atoms with Crippen LogP contribution in [0.15, 0.2) is 0 Å². The first-order valence-corrected chi connectivity index (χ1v) is 26.6. The van der Waals surface area contributed by atoms with E-state index in [-0.39, 0.29) is 57.7 Å². The second-order valence-corrected chi connectivity index (χ2v) is 20.9. The number of amides is 10. The van der Waals surface area contributed by atoms with E-state index < -0.39 is 181 Å². The number of aliphatic carboxylic acids is 4. The molecule has 0 aromatic rings. The van der Waals surface area contributed by atoms with Gasteiger partial charge in [-0.25, -0.2) is 4.79 Å². The largest absolute Gasteiger partial charge is 0.481 e. The fourth-order valence-electron chi connectivity index (χ4n) is 8.68. The molecule has 2 aliphatic heterocycles. The number of carbonyl (C=O) groups is 14. The van der Waals surface area contributed by atoms with Gasteiger partial charge in [0.05, 0.1) is 18.9 Å². The van der Waals surface area contributed by atoms with Crippen molar-refractivity contribution in [1.82, 2.24) is 47.0 Å². The van der Waals surface area contributed by atoms with Crippen LogP contribution in [-0.4, -0.2) is 193 Å². The van der Waals surface area contributed by atoms with Crippen LogP contribution in [0.5, 0.6) is 0 Å². The monoisotopic (exact) mass is 1140 g/mol. The van der Waals surface area contributed by atoms with Crippen LogP contribution in [0.4, 0.5) is 0 Å². The molecule has 17 N–H and O–H groups in total. The molecule has 452 valence electrons. The Balaban J connectivity index is 0.00000772. The van der Waals surface area contributed by atoms with Crippen LogP contribution in [0, 0.1) is 17.8 Å². The summed E-state index contributed by atoms with van der Waals surface area (Å²) < 4.78 is 0. The number of nitrogens with one attached hydrogen (secondary N) is 7. The molecule has 10 amide bonds. The number of carboxylic acid groups (broad SMARTS) is 4. The zero-order valence-corrected chi connectivity index (χ0v) is 46.7. The van der Waals surface area contributed by atoms with Crippen LogP contribution >= 0.6 is 0 Å². The Morgan fingerprint density at radius 1 is 0.525 bits per heavy atom. The molecule has 0 spiro atoms. The summed E-state index contributed by atoms with van der Waals surface area (Å²) in [5.74, 6) is -15.0. The second-order valence-electron chi connectivity index (χ2n) is 20.9. The lowest BCUT2D eigenvalue weighted by molar-refractivity contribution is -0.147. The van der Waals surface area contributed by atoms with Crippen LogP contribution in [-0.2, 0) is 67.1 Å². The van der Waals surface area contributed by atoms with Crippen molar-refractivity contribution in [3.05, 3.63) is 0 Å².